The van der Waals surface area contributed by atoms with Crippen LogP contribution in [0.1, 0.15) is 10.4 Å². The van der Waals surface area contributed by atoms with Crippen molar-refractivity contribution in [3.8, 4) is 16.9 Å². The van der Waals surface area contributed by atoms with Crippen molar-refractivity contribution >= 4 is 27.2 Å². The summed E-state index contributed by atoms with van der Waals surface area (Å²) < 4.78 is 6.78. The summed E-state index contributed by atoms with van der Waals surface area (Å²) in [4.78, 5) is 30.1. The van der Waals surface area contributed by atoms with Crippen molar-refractivity contribution in [3.63, 3.8) is 0 Å². The molecule has 0 unspecified atom stereocenters. The zero-order valence-electron chi connectivity index (χ0n) is 15.8. The van der Waals surface area contributed by atoms with E-state index in [9.17, 15) is 14.9 Å². The molecule has 0 N–H and O–H groups in total. The number of aryl methyl sites for hydroxylation is 1. The van der Waals surface area contributed by atoms with Crippen molar-refractivity contribution in [2.24, 2.45) is 0 Å². The first-order valence-corrected chi connectivity index (χ1v) is 9.66. The lowest BCUT2D eigenvalue weighted by Crippen LogP contribution is -2.21. The first-order chi connectivity index (χ1) is 14.0. The molecular weight excluding hydrogens is 390 g/mol. The van der Waals surface area contributed by atoms with E-state index in [1.807, 2.05) is 37.3 Å². The number of fused-ring (bicyclic) bond motifs is 1. The van der Waals surface area contributed by atoms with Crippen molar-refractivity contribution in [1.29, 1.82) is 0 Å². The van der Waals surface area contributed by atoms with Crippen LogP contribution in [0.25, 0.3) is 21.3 Å². The summed E-state index contributed by atoms with van der Waals surface area (Å²) in [7, 11) is 1.49. The highest BCUT2D eigenvalue weighted by atomic mass is 32.1. The van der Waals surface area contributed by atoms with Gasteiger partial charge in [-0.25, -0.2) is 4.98 Å². The van der Waals surface area contributed by atoms with E-state index >= 15 is 0 Å². The third-order valence-electron chi connectivity index (χ3n) is 4.73. The fourth-order valence-electron chi connectivity index (χ4n) is 3.39. The fraction of sp³-hybridized carbons (Fsp3) is 0.143. The average Bonchev–Trinajstić information content (AvgIpc) is 3.07. The van der Waals surface area contributed by atoms with E-state index in [1.54, 1.807) is 0 Å². The van der Waals surface area contributed by atoms with Crippen LogP contribution in [-0.2, 0) is 6.54 Å². The molecule has 0 fully saturated rings. The van der Waals surface area contributed by atoms with E-state index in [-0.39, 0.29) is 17.8 Å². The first-order valence-electron chi connectivity index (χ1n) is 8.85. The van der Waals surface area contributed by atoms with Crippen LogP contribution in [0, 0.1) is 17.0 Å². The van der Waals surface area contributed by atoms with Gasteiger partial charge in [0.25, 0.3) is 11.2 Å². The molecule has 0 aliphatic carbocycles. The molecule has 8 heteroatoms. The first kappa shape index (κ1) is 18.8. The Bertz CT molecular complexity index is 1280. The minimum absolute atomic E-state index is 0.0563. The topological polar surface area (TPSA) is 87.3 Å². The molecule has 4 rings (SSSR count). The molecule has 0 radical (unpaired) electrons. The highest BCUT2D eigenvalue weighted by Gasteiger charge is 2.18. The average molecular weight is 407 g/mol. The van der Waals surface area contributed by atoms with Gasteiger partial charge in [-0.15, -0.1) is 11.3 Å². The quantitative estimate of drug-likeness (QED) is 0.361. The molecule has 2 aromatic carbocycles. The largest absolute Gasteiger partial charge is 0.496 e. The second-order valence-electron chi connectivity index (χ2n) is 6.51. The maximum Gasteiger partial charge on any atom is 0.270 e. The van der Waals surface area contributed by atoms with Crippen LogP contribution in [-0.4, -0.2) is 21.6 Å². The zero-order chi connectivity index (χ0) is 20.5. The summed E-state index contributed by atoms with van der Waals surface area (Å²) in [5.41, 5.74) is 2.13. The van der Waals surface area contributed by atoms with Gasteiger partial charge in [0.15, 0.2) is 0 Å². The van der Waals surface area contributed by atoms with Gasteiger partial charge in [-0.3, -0.25) is 19.5 Å². The number of hydrogen-bond acceptors (Lipinski definition) is 6. The van der Waals surface area contributed by atoms with Crippen molar-refractivity contribution in [2.75, 3.05) is 7.11 Å². The smallest absolute Gasteiger partial charge is 0.270 e. The Morgan fingerprint density at radius 3 is 2.66 bits per heavy atom. The molecule has 0 aliphatic heterocycles. The minimum Gasteiger partial charge on any atom is -0.496 e. The Balaban J connectivity index is 1.87. The standard InChI is InChI=1S/C21H17N3O4S/c1-13-18(14-6-4-3-5-7-14)19-20(29-13)22-12-23(21(19)25)11-15-10-16(24(26)27)8-9-17(15)28-2/h3-10,12H,11H2,1-2H3. The highest BCUT2D eigenvalue weighted by Crippen LogP contribution is 2.35. The molecule has 4 aromatic rings. The summed E-state index contributed by atoms with van der Waals surface area (Å²) in [6.45, 7) is 2.10. The molecule has 0 saturated heterocycles. The summed E-state index contributed by atoms with van der Waals surface area (Å²) in [5, 5.41) is 11.7. The van der Waals surface area contributed by atoms with Gasteiger partial charge in [0.2, 0.25) is 0 Å². The number of ether oxygens (including phenoxy) is 1. The Kier molecular flexibility index (Phi) is 4.85. The normalized spacial score (nSPS) is 11.0. The highest BCUT2D eigenvalue weighted by molar-refractivity contribution is 7.19. The Morgan fingerprint density at radius 1 is 1.21 bits per heavy atom. The molecule has 146 valence electrons. The van der Waals surface area contributed by atoms with E-state index in [4.69, 9.17) is 4.74 Å². The maximum atomic E-state index is 13.3. The minimum atomic E-state index is -0.469. The molecule has 0 spiro atoms. The van der Waals surface area contributed by atoms with E-state index in [0.717, 1.165) is 16.0 Å². The van der Waals surface area contributed by atoms with E-state index < -0.39 is 4.92 Å². The van der Waals surface area contributed by atoms with Crippen LogP contribution >= 0.6 is 11.3 Å². The second kappa shape index (κ2) is 7.48. The summed E-state index contributed by atoms with van der Waals surface area (Å²) in [6, 6.07) is 14.1. The number of aromatic nitrogens is 2. The Labute approximate surface area is 170 Å². The van der Waals surface area contributed by atoms with Gasteiger partial charge in [-0.2, -0.15) is 0 Å². The van der Waals surface area contributed by atoms with Crippen molar-refractivity contribution in [2.45, 2.75) is 13.5 Å². The van der Waals surface area contributed by atoms with E-state index in [0.29, 0.717) is 21.5 Å². The van der Waals surface area contributed by atoms with Gasteiger partial charge in [0.05, 0.1) is 30.3 Å². The molecule has 0 atom stereocenters. The Hall–Kier alpha value is -3.52. The number of rotatable bonds is 5. The lowest BCUT2D eigenvalue weighted by Gasteiger charge is -2.10. The monoisotopic (exact) mass is 407 g/mol. The molecule has 7 nitrogen and oxygen atoms in total. The van der Waals surface area contributed by atoms with Gasteiger partial charge in [-0.05, 0) is 18.6 Å². The van der Waals surface area contributed by atoms with Crippen LogP contribution in [0.4, 0.5) is 5.69 Å². The second-order valence-corrected chi connectivity index (χ2v) is 7.71. The van der Waals surface area contributed by atoms with E-state index in [2.05, 4.69) is 4.98 Å². The van der Waals surface area contributed by atoms with Crippen LogP contribution < -0.4 is 10.3 Å². The molecule has 0 amide bonds. The molecule has 0 bridgehead atoms. The SMILES string of the molecule is COc1ccc([N+](=O)[O-])cc1Cn1cnc2sc(C)c(-c3ccccc3)c2c1=O. The van der Waals surface area contributed by atoms with Crippen LogP contribution in [0.2, 0.25) is 0 Å². The Morgan fingerprint density at radius 2 is 1.97 bits per heavy atom. The van der Waals surface area contributed by atoms with E-state index in [1.165, 1.54) is 47.5 Å². The van der Waals surface area contributed by atoms with Crippen molar-refractivity contribution in [3.05, 3.63) is 85.8 Å². The fourth-order valence-corrected chi connectivity index (χ4v) is 4.39. The summed E-state index contributed by atoms with van der Waals surface area (Å²) in [6.07, 6.45) is 1.48. The van der Waals surface area contributed by atoms with Crippen LogP contribution in [0.3, 0.4) is 0 Å². The molecule has 2 aromatic heterocycles. The lowest BCUT2D eigenvalue weighted by atomic mass is 10.0. The number of nitro benzene ring substituents is 1. The molecule has 29 heavy (non-hydrogen) atoms. The number of benzene rings is 2. The number of hydrogen-bond donors (Lipinski definition) is 0. The maximum absolute atomic E-state index is 13.3. The third-order valence-corrected chi connectivity index (χ3v) is 5.75. The number of methoxy groups -OCH3 is 1. The van der Waals surface area contributed by atoms with Crippen LogP contribution in [0.5, 0.6) is 5.75 Å². The molecular formula is C21H17N3O4S. The zero-order valence-corrected chi connectivity index (χ0v) is 16.6. The predicted octanol–water partition coefficient (Wildman–Crippen LogP) is 4.40. The van der Waals surface area contributed by atoms with Crippen LogP contribution in [0.15, 0.2) is 59.7 Å². The predicted molar refractivity (Wildman–Crippen MR) is 113 cm³/mol. The van der Waals surface area contributed by atoms with Crippen molar-refractivity contribution in [1.82, 2.24) is 9.55 Å². The number of non-ortho nitro benzene ring substituents is 1. The molecule has 0 saturated carbocycles. The number of nitrogens with zero attached hydrogens (tertiary/aromatic N) is 3. The summed E-state index contributed by atoms with van der Waals surface area (Å²) >= 11 is 1.48. The van der Waals surface area contributed by atoms with Crippen molar-refractivity contribution < 1.29 is 9.66 Å². The van der Waals surface area contributed by atoms with Gasteiger partial charge >= 0.3 is 0 Å². The summed E-state index contributed by atoms with van der Waals surface area (Å²) in [5.74, 6) is 0.479. The van der Waals surface area contributed by atoms with Gasteiger partial charge < -0.3 is 4.74 Å². The van der Waals surface area contributed by atoms with Gasteiger partial charge in [0, 0.05) is 28.1 Å². The van der Waals surface area contributed by atoms with Gasteiger partial charge in [-0.1, -0.05) is 30.3 Å². The number of thiophene rings is 1. The molecule has 0 aliphatic rings. The molecule has 2 heterocycles. The number of nitro groups is 1. The van der Waals surface area contributed by atoms with Gasteiger partial charge in [0.1, 0.15) is 10.6 Å². The lowest BCUT2D eigenvalue weighted by molar-refractivity contribution is -0.384. The third kappa shape index (κ3) is 3.38.